The third kappa shape index (κ3) is 3.81. The Morgan fingerprint density at radius 2 is 1.24 bits per heavy atom. The summed E-state index contributed by atoms with van der Waals surface area (Å²) in [6.07, 6.45) is 12.6. The molecule has 0 aromatic carbocycles. The summed E-state index contributed by atoms with van der Waals surface area (Å²) in [7, 11) is 0. The van der Waals surface area contributed by atoms with Crippen LogP contribution in [0.3, 0.4) is 0 Å². The van der Waals surface area contributed by atoms with E-state index >= 15 is 0 Å². The summed E-state index contributed by atoms with van der Waals surface area (Å²) in [5.74, 6) is 0. The summed E-state index contributed by atoms with van der Waals surface area (Å²) in [6, 6.07) is 0. The quantitative estimate of drug-likeness (QED) is 0.423. The summed E-state index contributed by atoms with van der Waals surface area (Å²) >= 11 is 4.64. The van der Waals surface area contributed by atoms with E-state index in [0.717, 1.165) is 8.95 Å². The van der Waals surface area contributed by atoms with E-state index in [9.17, 15) is 0 Å². The monoisotopic (exact) mass is 524 g/mol. The maximum atomic E-state index is 5.51. The molecule has 21 heavy (non-hydrogen) atoms. The van der Waals surface area contributed by atoms with Crippen LogP contribution < -0.4 is 7.16 Å². The van der Waals surface area contributed by atoms with Gasteiger partial charge in [0.2, 0.25) is 0 Å². The van der Waals surface area contributed by atoms with Gasteiger partial charge in [-0.25, -0.2) is 0 Å². The van der Waals surface area contributed by atoms with Crippen molar-refractivity contribution in [3.05, 3.63) is 34.0 Å². The van der Waals surface area contributed by atoms with E-state index in [1.807, 2.05) is 25.1 Å². The molecule has 2 nitrogen and oxygen atoms in total. The molecule has 2 heterocycles. The second-order valence-electron chi connectivity index (χ2n) is 5.56. The van der Waals surface area contributed by atoms with Crippen molar-refractivity contribution < 1.29 is 8.83 Å². The molecule has 0 bridgehead atoms. The van der Waals surface area contributed by atoms with Crippen molar-refractivity contribution in [1.29, 1.82) is 0 Å². The molecule has 0 amide bonds. The van der Waals surface area contributed by atoms with E-state index in [4.69, 9.17) is 8.83 Å². The van der Waals surface area contributed by atoms with Gasteiger partial charge in [0.1, 0.15) is 0 Å². The van der Waals surface area contributed by atoms with Crippen molar-refractivity contribution in [3.63, 3.8) is 0 Å². The van der Waals surface area contributed by atoms with E-state index in [1.54, 1.807) is 0 Å². The number of furan rings is 2. The molecule has 0 saturated carbocycles. The zero-order chi connectivity index (χ0) is 15.3. The van der Waals surface area contributed by atoms with Crippen LogP contribution in [-0.4, -0.2) is 18.4 Å². The summed E-state index contributed by atoms with van der Waals surface area (Å²) in [4.78, 5) is 0. The molecule has 0 N–H and O–H groups in total. The number of unbranched alkanes of at least 4 members (excludes halogenated alkanes) is 2. The van der Waals surface area contributed by atoms with Gasteiger partial charge >= 0.3 is 149 Å². The third-order valence-corrected chi connectivity index (χ3v) is 22.5. The van der Waals surface area contributed by atoms with Gasteiger partial charge < -0.3 is 0 Å². The molecular weight excluding hydrogens is 503 g/mol. The summed E-state index contributed by atoms with van der Waals surface area (Å²) in [5.41, 5.74) is 0. The van der Waals surface area contributed by atoms with Gasteiger partial charge in [0.25, 0.3) is 0 Å². The van der Waals surface area contributed by atoms with Crippen LogP contribution in [0.25, 0.3) is 0 Å². The molecule has 0 unspecified atom stereocenters. The standard InChI is InChI=1S/2C4H2BrO.2C4H9.Sn/c2*5-4-1-2-6-3-4;2*1-3-4-2;/h2*2-3H;2*1,3-4H2,2H3;. The van der Waals surface area contributed by atoms with Gasteiger partial charge in [0.15, 0.2) is 0 Å². The number of rotatable bonds is 8. The normalized spacial score (nSPS) is 12.0. The van der Waals surface area contributed by atoms with Crippen molar-refractivity contribution in [1.82, 2.24) is 0 Å². The van der Waals surface area contributed by atoms with Gasteiger partial charge in [-0.15, -0.1) is 0 Å². The molecule has 0 atom stereocenters. The van der Waals surface area contributed by atoms with Crippen molar-refractivity contribution in [2.24, 2.45) is 0 Å². The molecule has 0 aliphatic heterocycles. The Kier molecular flexibility index (Phi) is 6.94. The topological polar surface area (TPSA) is 26.3 Å². The van der Waals surface area contributed by atoms with Crippen molar-refractivity contribution in [2.75, 3.05) is 0 Å². The second-order valence-corrected chi connectivity index (χ2v) is 19.4. The molecule has 2 aromatic heterocycles. The van der Waals surface area contributed by atoms with Crippen molar-refractivity contribution >= 4 is 57.4 Å². The van der Waals surface area contributed by atoms with Gasteiger partial charge in [0.05, 0.1) is 0 Å². The first-order chi connectivity index (χ1) is 10.2. The van der Waals surface area contributed by atoms with Gasteiger partial charge in [0, 0.05) is 0 Å². The molecule has 0 aliphatic rings. The zero-order valence-corrected chi connectivity index (χ0v) is 18.7. The average Bonchev–Trinajstić information content (AvgIpc) is 3.09. The fourth-order valence-corrected chi connectivity index (χ4v) is 23.2. The number of hydrogen-bond donors (Lipinski definition) is 0. The Hall–Kier alpha value is 0.319. The van der Waals surface area contributed by atoms with E-state index in [2.05, 4.69) is 45.7 Å². The van der Waals surface area contributed by atoms with Crippen LogP contribution in [0.5, 0.6) is 0 Å². The van der Waals surface area contributed by atoms with Crippen LogP contribution in [0.1, 0.15) is 39.5 Å². The number of hydrogen-bond acceptors (Lipinski definition) is 2. The predicted octanol–water partition coefficient (Wildman–Crippen LogP) is 5.56. The summed E-state index contributed by atoms with van der Waals surface area (Å²) in [6.45, 7) is 4.54. The summed E-state index contributed by atoms with van der Waals surface area (Å²) < 4.78 is 18.8. The van der Waals surface area contributed by atoms with Crippen molar-refractivity contribution in [3.8, 4) is 0 Å². The van der Waals surface area contributed by atoms with E-state index < -0.39 is 18.4 Å². The van der Waals surface area contributed by atoms with Gasteiger partial charge in [-0.05, 0) is 0 Å². The fourth-order valence-electron chi connectivity index (χ4n) is 3.01. The Morgan fingerprint density at radius 3 is 1.52 bits per heavy atom. The Labute approximate surface area is 147 Å². The van der Waals surface area contributed by atoms with Gasteiger partial charge in [-0.1, -0.05) is 0 Å². The molecule has 116 valence electrons. The second kappa shape index (κ2) is 8.25. The molecule has 0 radical (unpaired) electrons. The molecule has 0 aliphatic carbocycles. The fraction of sp³-hybridized carbons (Fsp3) is 0.500. The number of halogens is 2. The maximum absolute atomic E-state index is 5.51. The molecular formula is C16H22Br2O2Sn. The van der Waals surface area contributed by atoms with Gasteiger partial charge in [-0.3, -0.25) is 0 Å². The molecule has 0 saturated heterocycles. The summed E-state index contributed by atoms with van der Waals surface area (Å²) in [5, 5.41) is 0. The SMILES string of the molecule is CCC[CH2][Sn]([CH2]CCC)([c]1cocc1Br)[c]1cocc1Br. The molecule has 0 spiro atoms. The first-order valence-electron chi connectivity index (χ1n) is 7.60. The van der Waals surface area contributed by atoms with Crippen LogP contribution in [-0.2, 0) is 0 Å². The Bertz CT molecular complexity index is 512. The van der Waals surface area contributed by atoms with E-state index in [1.165, 1.54) is 41.7 Å². The van der Waals surface area contributed by atoms with Crippen LogP contribution in [0.2, 0.25) is 8.87 Å². The molecule has 0 fully saturated rings. The first kappa shape index (κ1) is 17.7. The molecule has 5 heteroatoms. The average molecular weight is 525 g/mol. The Morgan fingerprint density at radius 1 is 0.810 bits per heavy atom. The molecule has 2 aromatic rings. The Balaban J connectivity index is 2.53. The first-order valence-corrected chi connectivity index (χ1v) is 16.1. The van der Waals surface area contributed by atoms with Crippen LogP contribution in [0.4, 0.5) is 0 Å². The van der Waals surface area contributed by atoms with E-state index in [0.29, 0.717) is 0 Å². The van der Waals surface area contributed by atoms with Crippen LogP contribution in [0.15, 0.2) is 42.8 Å². The third-order valence-electron chi connectivity index (χ3n) is 4.17. The minimum atomic E-state index is -2.78. The van der Waals surface area contributed by atoms with Crippen molar-refractivity contribution in [2.45, 2.75) is 48.4 Å². The van der Waals surface area contributed by atoms with Gasteiger partial charge in [-0.2, -0.15) is 0 Å². The van der Waals surface area contributed by atoms with E-state index in [-0.39, 0.29) is 0 Å². The molecule has 2 rings (SSSR count). The van der Waals surface area contributed by atoms with Crippen LogP contribution >= 0.6 is 31.9 Å². The zero-order valence-electron chi connectivity index (χ0n) is 12.6. The minimum absolute atomic E-state index is 1.14. The predicted molar refractivity (Wildman–Crippen MR) is 97.3 cm³/mol. The van der Waals surface area contributed by atoms with Crippen LogP contribution in [0, 0.1) is 0 Å².